The van der Waals surface area contributed by atoms with Crippen LogP contribution in [0.3, 0.4) is 0 Å². The first kappa shape index (κ1) is 10.9. The SMILES string of the molecule is Cc1ccc(-c2cnnc(Cl)c2NN)cc1. The van der Waals surface area contributed by atoms with Crippen LogP contribution in [0.4, 0.5) is 5.69 Å². The van der Waals surface area contributed by atoms with Crippen LogP contribution in [0.1, 0.15) is 5.56 Å². The van der Waals surface area contributed by atoms with E-state index >= 15 is 0 Å². The molecular weight excluding hydrogens is 224 g/mol. The number of nitrogens with one attached hydrogen (secondary N) is 1. The maximum Gasteiger partial charge on any atom is 0.176 e. The third kappa shape index (κ3) is 1.98. The standard InChI is InChI=1S/C11H11ClN4/c1-7-2-4-8(5-3-7)9-6-14-16-11(12)10(9)15-13/h2-6H,13H2,1H3,(H,14,15). The fraction of sp³-hybridized carbons (Fsp3) is 0.0909. The Labute approximate surface area is 98.4 Å². The van der Waals surface area contributed by atoms with Crippen LogP contribution in [0.2, 0.25) is 5.15 Å². The molecule has 82 valence electrons. The number of nitrogens with two attached hydrogens (primary N) is 1. The topological polar surface area (TPSA) is 63.8 Å². The van der Waals surface area contributed by atoms with Crippen molar-refractivity contribution in [1.82, 2.24) is 10.2 Å². The number of aryl methyl sites for hydroxylation is 1. The van der Waals surface area contributed by atoms with E-state index < -0.39 is 0 Å². The number of anilines is 1. The van der Waals surface area contributed by atoms with Crippen molar-refractivity contribution >= 4 is 17.3 Å². The first-order chi connectivity index (χ1) is 7.72. The molecule has 16 heavy (non-hydrogen) atoms. The van der Waals surface area contributed by atoms with Gasteiger partial charge in [0.2, 0.25) is 0 Å². The normalized spacial score (nSPS) is 10.2. The van der Waals surface area contributed by atoms with Crippen LogP contribution in [0.25, 0.3) is 11.1 Å². The van der Waals surface area contributed by atoms with Gasteiger partial charge in [-0.1, -0.05) is 41.4 Å². The Hall–Kier alpha value is -1.65. The van der Waals surface area contributed by atoms with Crippen LogP contribution in [-0.4, -0.2) is 10.2 Å². The number of nitrogen functional groups attached to an aromatic ring is 1. The van der Waals surface area contributed by atoms with Gasteiger partial charge in [0.1, 0.15) is 0 Å². The molecule has 0 unspecified atom stereocenters. The Morgan fingerprint density at radius 2 is 1.94 bits per heavy atom. The van der Waals surface area contributed by atoms with Crippen LogP contribution >= 0.6 is 11.6 Å². The number of nitrogens with zero attached hydrogens (tertiary/aromatic N) is 2. The minimum Gasteiger partial charge on any atom is -0.321 e. The van der Waals surface area contributed by atoms with Gasteiger partial charge in [-0.2, -0.15) is 5.10 Å². The van der Waals surface area contributed by atoms with E-state index in [-0.39, 0.29) is 5.15 Å². The number of hydrogen-bond acceptors (Lipinski definition) is 4. The van der Waals surface area contributed by atoms with Gasteiger partial charge in [-0.3, -0.25) is 5.84 Å². The second-order valence-corrected chi connectivity index (χ2v) is 3.79. The highest BCUT2D eigenvalue weighted by Crippen LogP contribution is 2.30. The summed E-state index contributed by atoms with van der Waals surface area (Å²) in [5.74, 6) is 5.42. The summed E-state index contributed by atoms with van der Waals surface area (Å²) >= 11 is 5.89. The van der Waals surface area contributed by atoms with Crippen molar-refractivity contribution in [3.05, 3.63) is 41.2 Å². The zero-order valence-corrected chi connectivity index (χ0v) is 9.49. The lowest BCUT2D eigenvalue weighted by Crippen LogP contribution is -2.09. The predicted molar refractivity (Wildman–Crippen MR) is 65.0 cm³/mol. The molecule has 0 spiro atoms. The average molecular weight is 235 g/mol. The first-order valence-electron chi connectivity index (χ1n) is 4.77. The first-order valence-corrected chi connectivity index (χ1v) is 5.15. The lowest BCUT2D eigenvalue weighted by Gasteiger charge is -2.09. The molecule has 5 heteroatoms. The van der Waals surface area contributed by atoms with Crippen molar-refractivity contribution in [2.45, 2.75) is 6.92 Å². The van der Waals surface area contributed by atoms with E-state index in [1.165, 1.54) is 5.56 Å². The summed E-state index contributed by atoms with van der Waals surface area (Å²) in [5, 5.41) is 7.81. The van der Waals surface area contributed by atoms with Crippen molar-refractivity contribution < 1.29 is 0 Å². The van der Waals surface area contributed by atoms with Crippen LogP contribution in [-0.2, 0) is 0 Å². The molecule has 0 radical (unpaired) electrons. The molecule has 0 fully saturated rings. The number of benzene rings is 1. The van der Waals surface area contributed by atoms with E-state index in [0.29, 0.717) is 5.69 Å². The maximum atomic E-state index is 5.89. The monoisotopic (exact) mass is 234 g/mol. The van der Waals surface area contributed by atoms with E-state index in [9.17, 15) is 0 Å². The molecule has 2 rings (SSSR count). The number of hydrogen-bond donors (Lipinski definition) is 2. The molecule has 3 N–H and O–H groups in total. The maximum absolute atomic E-state index is 5.89. The second kappa shape index (κ2) is 4.47. The molecule has 1 aromatic carbocycles. The van der Waals surface area contributed by atoms with Crippen molar-refractivity contribution in [3.63, 3.8) is 0 Å². The molecule has 0 bridgehead atoms. The molecule has 0 aliphatic carbocycles. The summed E-state index contributed by atoms with van der Waals surface area (Å²) in [6, 6.07) is 8.01. The number of rotatable bonds is 2. The van der Waals surface area contributed by atoms with E-state index in [0.717, 1.165) is 11.1 Å². The summed E-state index contributed by atoms with van der Waals surface area (Å²) in [5.41, 5.74) is 6.15. The van der Waals surface area contributed by atoms with Gasteiger partial charge in [0, 0.05) is 5.56 Å². The summed E-state index contributed by atoms with van der Waals surface area (Å²) in [7, 11) is 0. The number of aromatic nitrogens is 2. The van der Waals surface area contributed by atoms with Gasteiger partial charge in [-0.15, -0.1) is 5.10 Å². The van der Waals surface area contributed by atoms with Gasteiger partial charge in [0.05, 0.1) is 11.9 Å². The van der Waals surface area contributed by atoms with Gasteiger partial charge in [-0.25, -0.2) is 0 Å². The quantitative estimate of drug-likeness (QED) is 0.619. The lowest BCUT2D eigenvalue weighted by molar-refractivity contribution is 1.03. The minimum absolute atomic E-state index is 0.264. The average Bonchev–Trinajstić information content (AvgIpc) is 2.30. The molecule has 2 aromatic rings. The summed E-state index contributed by atoms with van der Waals surface area (Å²) in [4.78, 5) is 0. The molecule has 4 nitrogen and oxygen atoms in total. The third-order valence-corrected chi connectivity index (χ3v) is 2.58. The van der Waals surface area contributed by atoms with E-state index in [1.807, 2.05) is 31.2 Å². The molecule has 0 aliphatic rings. The molecule has 0 aliphatic heterocycles. The number of halogens is 1. The third-order valence-electron chi connectivity index (χ3n) is 2.31. The molecule has 0 saturated carbocycles. The summed E-state index contributed by atoms with van der Waals surface area (Å²) in [6.45, 7) is 2.03. The zero-order chi connectivity index (χ0) is 11.5. The van der Waals surface area contributed by atoms with Crippen LogP contribution in [0, 0.1) is 6.92 Å². The smallest absolute Gasteiger partial charge is 0.176 e. The highest BCUT2D eigenvalue weighted by molar-refractivity contribution is 6.32. The van der Waals surface area contributed by atoms with Gasteiger partial charge in [-0.05, 0) is 12.5 Å². The Balaban J connectivity index is 2.55. The van der Waals surface area contributed by atoms with E-state index in [2.05, 4.69) is 15.6 Å². The van der Waals surface area contributed by atoms with Crippen molar-refractivity contribution in [3.8, 4) is 11.1 Å². The molecule has 0 saturated heterocycles. The van der Waals surface area contributed by atoms with Gasteiger partial charge in [0.25, 0.3) is 0 Å². The van der Waals surface area contributed by atoms with Gasteiger partial charge in [0.15, 0.2) is 5.15 Å². The van der Waals surface area contributed by atoms with Crippen LogP contribution in [0.15, 0.2) is 30.5 Å². The largest absolute Gasteiger partial charge is 0.321 e. The van der Waals surface area contributed by atoms with Gasteiger partial charge < -0.3 is 5.43 Å². The minimum atomic E-state index is 0.264. The highest BCUT2D eigenvalue weighted by atomic mass is 35.5. The Morgan fingerprint density at radius 3 is 2.56 bits per heavy atom. The Bertz CT molecular complexity index is 496. The fourth-order valence-electron chi connectivity index (χ4n) is 1.45. The van der Waals surface area contributed by atoms with Crippen LogP contribution < -0.4 is 11.3 Å². The summed E-state index contributed by atoms with van der Waals surface area (Å²) in [6.07, 6.45) is 1.63. The molecule has 1 aromatic heterocycles. The van der Waals surface area contributed by atoms with Gasteiger partial charge >= 0.3 is 0 Å². The molecule has 0 amide bonds. The molecule has 0 atom stereocenters. The Kier molecular flexibility index (Phi) is 3.03. The number of hydrazine groups is 1. The van der Waals surface area contributed by atoms with E-state index in [1.54, 1.807) is 6.20 Å². The second-order valence-electron chi connectivity index (χ2n) is 3.43. The van der Waals surface area contributed by atoms with E-state index in [4.69, 9.17) is 17.4 Å². The predicted octanol–water partition coefficient (Wildman–Crippen LogP) is 2.39. The van der Waals surface area contributed by atoms with Crippen molar-refractivity contribution in [2.24, 2.45) is 5.84 Å². The lowest BCUT2D eigenvalue weighted by atomic mass is 10.1. The molecular formula is C11H11ClN4. The summed E-state index contributed by atoms with van der Waals surface area (Å²) < 4.78 is 0. The van der Waals surface area contributed by atoms with Crippen molar-refractivity contribution in [1.29, 1.82) is 0 Å². The highest BCUT2D eigenvalue weighted by Gasteiger charge is 2.09. The molecule has 1 heterocycles. The fourth-order valence-corrected chi connectivity index (χ4v) is 1.65. The Morgan fingerprint density at radius 1 is 1.25 bits per heavy atom. The van der Waals surface area contributed by atoms with Crippen molar-refractivity contribution in [2.75, 3.05) is 5.43 Å². The van der Waals surface area contributed by atoms with Crippen LogP contribution in [0.5, 0.6) is 0 Å². The zero-order valence-electron chi connectivity index (χ0n) is 8.74.